The van der Waals surface area contributed by atoms with Gasteiger partial charge in [0.25, 0.3) is 5.78 Å². The lowest BCUT2D eigenvalue weighted by Crippen LogP contribution is -2.13. The maximum Gasteiger partial charge on any atom is 0.356 e. The number of oxazole rings is 1. The summed E-state index contributed by atoms with van der Waals surface area (Å²) in [4.78, 5) is 36.4. The highest BCUT2D eigenvalue weighted by molar-refractivity contribution is 6.13. The Bertz CT molecular complexity index is 1240. The number of ether oxygens (including phenoxy) is 1. The average molecular weight is 434 g/mol. The van der Waals surface area contributed by atoms with E-state index < -0.39 is 11.9 Å². The monoisotopic (exact) mass is 433 g/mol. The first kappa shape index (κ1) is 21.0. The van der Waals surface area contributed by atoms with Crippen LogP contribution in [0.3, 0.4) is 0 Å². The molecule has 156 valence electrons. The van der Waals surface area contributed by atoms with Crippen LogP contribution in [0, 0.1) is 6.92 Å². The zero-order valence-electron chi connectivity index (χ0n) is 15.8. The largest absolute Gasteiger partial charge is 0.477 e. The number of nitrogens with zero attached hydrogens (tertiary/aromatic N) is 5. The number of rotatable bonds is 4. The van der Waals surface area contributed by atoms with Gasteiger partial charge in [0.15, 0.2) is 22.9 Å². The standard InChI is InChI=1S/C9H9ClN2O.C8H7N5O4/c1-6-12-8-4-7(5-11-10)2-3-9(8)13-6;1-17-6(16)4-2-3(5(14)15)10-8-11-7(9)12-13(4)8/h2-4,11H,5H2,1H3;2H,1H3,(H2,9,12)(H,14,15). The number of aromatic carboxylic acids is 1. The van der Waals surface area contributed by atoms with E-state index in [0.29, 0.717) is 12.4 Å². The summed E-state index contributed by atoms with van der Waals surface area (Å²) in [6.07, 6.45) is 0. The van der Waals surface area contributed by atoms with Gasteiger partial charge in [-0.2, -0.15) is 9.50 Å². The number of halogens is 1. The lowest BCUT2D eigenvalue weighted by Gasteiger charge is -2.02. The Labute approximate surface area is 173 Å². The third-order valence-corrected chi connectivity index (χ3v) is 3.91. The SMILES string of the molecule is COC(=O)c1cc(C(=O)O)nc2nc(N)nn12.Cc1nc2cc(CNCl)ccc2o1. The first-order valence-corrected chi connectivity index (χ1v) is 8.74. The van der Waals surface area contributed by atoms with Gasteiger partial charge in [0.2, 0.25) is 5.95 Å². The molecule has 0 unspecified atom stereocenters. The number of anilines is 1. The molecule has 4 aromatic rings. The van der Waals surface area contributed by atoms with E-state index in [2.05, 4.69) is 29.6 Å². The van der Waals surface area contributed by atoms with Crippen molar-refractivity contribution in [3.63, 3.8) is 0 Å². The van der Waals surface area contributed by atoms with Crippen LogP contribution in [0.4, 0.5) is 5.95 Å². The van der Waals surface area contributed by atoms with Crippen LogP contribution in [0.25, 0.3) is 16.9 Å². The minimum absolute atomic E-state index is 0.0807. The number of nitrogens with two attached hydrogens (primary N) is 1. The highest BCUT2D eigenvalue weighted by Crippen LogP contribution is 2.16. The molecule has 13 heteroatoms. The number of aromatic nitrogens is 5. The maximum atomic E-state index is 11.4. The minimum Gasteiger partial charge on any atom is -0.477 e. The van der Waals surface area contributed by atoms with Crippen LogP contribution in [0.5, 0.6) is 0 Å². The summed E-state index contributed by atoms with van der Waals surface area (Å²) in [5.74, 6) is -1.57. The molecule has 1 aromatic carbocycles. The molecule has 0 saturated carbocycles. The highest BCUT2D eigenvalue weighted by atomic mass is 35.5. The fourth-order valence-corrected chi connectivity index (χ4v) is 2.67. The lowest BCUT2D eigenvalue weighted by atomic mass is 10.2. The third kappa shape index (κ3) is 4.45. The van der Waals surface area contributed by atoms with Gasteiger partial charge in [-0.15, -0.1) is 5.10 Å². The Kier molecular flexibility index (Phi) is 6.09. The second-order valence-corrected chi connectivity index (χ2v) is 6.12. The Balaban J connectivity index is 0.000000177. The van der Waals surface area contributed by atoms with E-state index in [0.717, 1.165) is 34.4 Å². The third-order valence-electron chi connectivity index (χ3n) is 3.77. The van der Waals surface area contributed by atoms with Crippen molar-refractivity contribution in [2.45, 2.75) is 13.5 Å². The number of hydrogen-bond acceptors (Lipinski definition) is 10. The molecule has 0 aliphatic carbocycles. The fourth-order valence-electron chi connectivity index (χ4n) is 2.52. The number of esters is 1. The summed E-state index contributed by atoms with van der Waals surface area (Å²) in [6.45, 7) is 2.46. The molecule has 3 heterocycles. The second-order valence-electron chi connectivity index (χ2n) is 5.85. The number of hydrogen-bond donors (Lipinski definition) is 3. The van der Waals surface area contributed by atoms with Gasteiger partial charge in [0.05, 0.1) is 7.11 Å². The van der Waals surface area contributed by atoms with E-state index in [4.69, 9.17) is 27.0 Å². The zero-order chi connectivity index (χ0) is 21.8. The van der Waals surface area contributed by atoms with E-state index in [-0.39, 0.29) is 23.1 Å². The van der Waals surface area contributed by atoms with Crippen molar-refractivity contribution in [3.05, 3.63) is 47.1 Å². The fraction of sp³-hybridized carbons (Fsp3) is 0.176. The molecule has 0 amide bonds. The summed E-state index contributed by atoms with van der Waals surface area (Å²) < 4.78 is 10.9. The van der Waals surface area contributed by atoms with Crippen LogP contribution in [0.15, 0.2) is 28.7 Å². The van der Waals surface area contributed by atoms with Crippen molar-refractivity contribution in [1.82, 2.24) is 29.4 Å². The van der Waals surface area contributed by atoms with Crippen LogP contribution >= 0.6 is 11.8 Å². The van der Waals surface area contributed by atoms with Crippen molar-refractivity contribution in [1.29, 1.82) is 0 Å². The van der Waals surface area contributed by atoms with E-state index in [9.17, 15) is 9.59 Å². The van der Waals surface area contributed by atoms with E-state index in [1.165, 1.54) is 0 Å². The number of carbonyl (C=O) groups is 2. The van der Waals surface area contributed by atoms with Crippen LogP contribution < -0.4 is 10.6 Å². The normalized spacial score (nSPS) is 10.6. The Hall–Kier alpha value is -3.77. The zero-order valence-corrected chi connectivity index (χ0v) is 16.5. The molecule has 0 saturated heterocycles. The number of nitrogens with one attached hydrogen (secondary N) is 1. The quantitative estimate of drug-likeness (QED) is 0.315. The number of nitrogen functional groups attached to an aromatic ring is 1. The number of carboxylic acid groups (broad SMARTS) is 1. The molecule has 4 N–H and O–H groups in total. The summed E-state index contributed by atoms with van der Waals surface area (Å²) >= 11 is 5.40. The van der Waals surface area contributed by atoms with Crippen LogP contribution in [0.2, 0.25) is 0 Å². The topological polar surface area (TPSA) is 171 Å². The Morgan fingerprint density at radius 2 is 2.07 bits per heavy atom. The number of aryl methyl sites for hydroxylation is 1. The molecule has 0 atom stereocenters. The van der Waals surface area contributed by atoms with E-state index in [1.54, 1.807) is 0 Å². The predicted octanol–water partition coefficient (Wildman–Crippen LogP) is 1.57. The molecule has 0 aliphatic rings. The Morgan fingerprint density at radius 3 is 2.73 bits per heavy atom. The molecule has 0 aliphatic heterocycles. The van der Waals surface area contributed by atoms with E-state index in [1.807, 2.05) is 25.1 Å². The van der Waals surface area contributed by atoms with Gasteiger partial charge in [0, 0.05) is 19.5 Å². The van der Waals surface area contributed by atoms with Gasteiger partial charge in [-0.25, -0.2) is 24.4 Å². The molecule has 0 bridgehead atoms. The van der Waals surface area contributed by atoms with Gasteiger partial charge in [-0.1, -0.05) is 6.07 Å². The molecule has 4 rings (SSSR count). The molecule has 0 radical (unpaired) electrons. The second kappa shape index (κ2) is 8.71. The summed E-state index contributed by atoms with van der Waals surface area (Å²) in [6, 6.07) is 6.86. The van der Waals surface area contributed by atoms with Crippen molar-refractivity contribution in [2.75, 3.05) is 12.8 Å². The van der Waals surface area contributed by atoms with Gasteiger partial charge >= 0.3 is 11.9 Å². The van der Waals surface area contributed by atoms with Crippen molar-refractivity contribution in [3.8, 4) is 0 Å². The summed E-state index contributed by atoms with van der Waals surface area (Å²) in [7, 11) is 1.16. The van der Waals surface area contributed by atoms with Crippen molar-refractivity contribution >= 4 is 46.5 Å². The van der Waals surface area contributed by atoms with Crippen molar-refractivity contribution in [2.24, 2.45) is 0 Å². The number of carbonyl (C=O) groups excluding carboxylic acids is 1. The van der Waals surface area contributed by atoms with Crippen LogP contribution in [-0.2, 0) is 11.3 Å². The average Bonchev–Trinajstić information content (AvgIpc) is 3.27. The number of benzene rings is 1. The van der Waals surface area contributed by atoms with Crippen LogP contribution in [-0.4, -0.2) is 48.7 Å². The first-order valence-electron chi connectivity index (χ1n) is 8.37. The smallest absolute Gasteiger partial charge is 0.356 e. The number of methoxy groups -OCH3 is 1. The maximum absolute atomic E-state index is 11.4. The molecule has 30 heavy (non-hydrogen) atoms. The van der Waals surface area contributed by atoms with Gasteiger partial charge in [0.1, 0.15) is 5.52 Å². The molecular weight excluding hydrogens is 418 g/mol. The predicted molar refractivity (Wildman–Crippen MR) is 105 cm³/mol. The van der Waals surface area contributed by atoms with E-state index >= 15 is 0 Å². The highest BCUT2D eigenvalue weighted by Gasteiger charge is 2.19. The summed E-state index contributed by atoms with van der Waals surface area (Å²) in [5.41, 5.74) is 7.68. The van der Waals surface area contributed by atoms with Gasteiger partial charge in [-0.3, -0.25) is 0 Å². The van der Waals surface area contributed by atoms with Crippen LogP contribution in [0.1, 0.15) is 32.4 Å². The number of fused-ring (bicyclic) bond motifs is 2. The molecular formula is C17H16ClN7O5. The van der Waals surface area contributed by atoms with Gasteiger partial charge in [-0.05, 0) is 29.5 Å². The molecule has 0 spiro atoms. The molecule has 3 aromatic heterocycles. The summed E-state index contributed by atoms with van der Waals surface area (Å²) in [5, 5.41) is 12.5. The Morgan fingerprint density at radius 1 is 1.30 bits per heavy atom. The lowest BCUT2D eigenvalue weighted by molar-refractivity contribution is 0.0590. The van der Waals surface area contributed by atoms with Crippen molar-refractivity contribution < 1.29 is 23.8 Å². The molecule has 12 nitrogen and oxygen atoms in total. The number of carboxylic acids is 1. The van der Waals surface area contributed by atoms with Gasteiger partial charge < -0.3 is 20.0 Å². The molecule has 0 fully saturated rings. The first-order chi connectivity index (χ1) is 14.3. The minimum atomic E-state index is -1.29.